The van der Waals surface area contributed by atoms with Crippen LogP contribution in [-0.2, 0) is 10.1 Å². The number of piperazine rings is 1. The number of rotatable bonds is 2. The molecule has 1 N–H and O–H groups in total. The molecule has 1 saturated heterocycles. The Hall–Kier alpha value is -1.11. The minimum absolute atomic E-state index is 0.00967. The summed E-state index contributed by atoms with van der Waals surface area (Å²) in [6.45, 7) is 3.31. The van der Waals surface area contributed by atoms with Crippen LogP contribution in [0.25, 0.3) is 0 Å². The lowest BCUT2D eigenvalue weighted by Gasteiger charge is -2.34. The maximum atomic E-state index is 11.3. The van der Waals surface area contributed by atoms with E-state index in [1.54, 1.807) is 18.2 Å². The van der Waals surface area contributed by atoms with Gasteiger partial charge in [0, 0.05) is 26.2 Å². The third-order valence-corrected chi connectivity index (χ3v) is 3.89. The molecular formula is C11H16N2O3S. The van der Waals surface area contributed by atoms with Crippen molar-refractivity contribution in [3.63, 3.8) is 0 Å². The first kappa shape index (κ1) is 12.3. The highest BCUT2D eigenvalue weighted by Crippen LogP contribution is 2.25. The smallest absolute Gasteiger partial charge is 0.296 e. The van der Waals surface area contributed by atoms with Gasteiger partial charge in [-0.3, -0.25) is 4.55 Å². The Morgan fingerprint density at radius 3 is 2.29 bits per heavy atom. The first-order valence-electron chi connectivity index (χ1n) is 5.48. The van der Waals surface area contributed by atoms with Gasteiger partial charge in [0.2, 0.25) is 0 Å². The minimum atomic E-state index is -4.15. The minimum Gasteiger partial charge on any atom is -0.368 e. The van der Waals surface area contributed by atoms with E-state index in [-0.39, 0.29) is 4.90 Å². The highest BCUT2D eigenvalue weighted by molar-refractivity contribution is 7.86. The van der Waals surface area contributed by atoms with Gasteiger partial charge in [-0.25, -0.2) is 0 Å². The van der Waals surface area contributed by atoms with Gasteiger partial charge >= 0.3 is 0 Å². The number of likely N-dealkylation sites (N-methyl/N-ethyl adjacent to an activating group) is 1. The Kier molecular flexibility index (Phi) is 3.37. The van der Waals surface area contributed by atoms with Crippen LogP contribution in [0.2, 0.25) is 0 Å². The van der Waals surface area contributed by atoms with Gasteiger partial charge in [0.1, 0.15) is 4.90 Å². The molecule has 1 fully saturated rings. The summed E-state index contributed by atoms with van der Waals surface area (Å²) in [5.41, 5.74) is 0.586. The van der Waals surface area contributed by atoms with Crippen molar-refractivity contribution in [2.24, 2.45) is 0 Å². The summed E-state index contributed by atoms with van der Waals surface area (Å²) in [6.07, 6.45) is 0. The summed E-state index contributed by atoms with van der Waals surface area (Å²) in [6, 6.07) is 6.56. The summed E-state index contributed by atoms with van der Waals surface area (Å²) in [4.78, 5) is 4.17. The fraction of sp³-hybridized carbons (Fsp3) is 0.455. The van der Waals surface area contributed by atoms with E-state index in [1.807, 2.05) is 11.9 Å². The highest BCUT2D eigenvalue weighted by atomic mass is 32.2. The number of nitrogens with zero attached hydrogens (tertiary/aromatic N) is 2. The lowest BCUT2D eigenvalue weighted by atomic mass is 10.2. The molecule has 1 aliphatic heterocycles. The molecule has 0 amide bonds. The first-order chi connectivity index (χ1) is 7.98. The zero-order valence-corrected chi connectivity index (χ0v) is 10.5. The van der Waals surface area contributed by atoms with Crippen molar-refractivity contribution < 1.29 is 13.0 Å². The number of hydrogen-bond acceptors (Lipinski definition) is 4. The predicted molar refractivity (Wildman–Crippen MR) is 66.0 cm³/mol. The van der Waals surface area contributed by atoms with E-state index < -0.39 is 10.1 Å². The zero-order chi connectivity index (χ0) is 12.5. The SMILES string of the molecule is CN1CCN(c2ccccc2S(=O)(=O)O)CC1. The van der Waals surface area contributed by atoms with Crippen LogP contribution < -0.4 is 4.90 Å². The molecule has 1 aliphatic rings. The molecule has 6 heteroatoms. The number of benzene rings is 1. The molecule has 0 aliphatic carbocycles. The van der Waals surface area contributed by atoms with Crippen LogP contribution in [0.1, 0.15) is 0 Å². The Balaban J connectivity index is 2.33. The van der Waals surface area contributed by atoms with Gasteiger partial charge in [0.15, 0.2) is 0 Å². The van der Waals surface area contributed by atoms with Gasteiger partial charge in [-0.1, -0.05) is 12.1 Å². The maximum absolute atomic E-state index is 11.3. The normalized spacial score (nSPS) is 18.4. The maximum Gasteiger partial charge on any atom is 0.296 e. The van der Waals surface area contributed by atoms with Gasteiger partial charge < -0.3 is 9.80 Å². The quantitative estimate of drug-likeness (QED) is 0.789. The zero-order valence-electron chi connectivity index (χ0n) is 9.70. The summed E-state index contributed by atoms with van der Waals surface area (Å²) in [5, 5.41) is 0. The molecule has 17 heavy (non-hydrogen) atoms. The van der Waals surface area contributed by atoms with Crippen LogP contribution >= 0.6 is 0 Å². The molecule has 0 atom stereocenters. The third kappa shape index (κ3) is 2.77. The van der Waals surface area contributed by atoms with Gasteiger partial charge in [0.25, 0.3) is 10.1 Å². The number of hydrogen-bond donors (Lipinski definition) is 1. The molecule has 5 nitrogen and oxygen atoms in total. The van der Waals surface area contributed by atoms with Crippen molar-refractivity contribution in [3.8, 4) is 0 Å². The van der Waals surface area contributed by atoms with E-state index in [1.165, 1.54) is 6.07 Å². The molecule has 0 saturated carbocycles. The second-order valence-corrected chi connectivity index (χ2v) is 5.62. The molecular weight excluding hydrogens is 240 g/mol. The van der Waals surface area contributed by atoms with E-state index in [4.69, 9.17) is 0 Å². The molecule has 0 bridgehead atoms. The van der Waals surface area contributed by atoms with E-state index in [9.17, 15) is 13.0 Å². The standard InChI is InChI=1S/C11H16N2O3S/c1-12-6-8-13(9-7-12)10-4-2-3-5-11(10)17(14,15)16/h2-5H,6-9H2,1H3,(H,14,15,16). The molecule has 0 spiro atoms. The second-order valence-electron chi connectivity index (χ2n) is 4.23. The molecule has 0 aromatic heterocycles. The topological polar surface area (TPSA) is 60.9 Å². The van der Waals surface area contributed by atoms with E-state index >= 15 is 0 Å². The lowest BCUT2D eigenvalue weighted by Crippen LogP contribution is -2.44. The van der Waals surface area contributed by atoms with Crippen molar-refractivity contribution >= 4 is 15.8 Å². The van der Waals surface area contributed by atoms with Crippen molar-refractivity contribution in [3.05, 3.63) is 24.3 Å². The molecule has 1 heterocycles. The average Bonchev–Trinajstić information content (AvgIpc) is 2.29. The average molecular weight is 256 g/mol. The Labute approximate surface area is 101 Å². The van der Waals surface area contributed by atoms with E-state index in [2.05, 4.69) is 4.90 Å². The van der Waals surface area contributed by atoms with E-state index in [0.717, 1.165) is 26.2 Å². The van der Waals surface area contributed by atoms with Gasteiger partial charge in [-0.15, -0.1) is 0 Å². The number of para-hydroxylation sites is 1. The van der Waals surface area contributed by atoms with Crippen molar-refractivity contribution in [2.45, 2.75) is 4.90 Å². The van der Waals surface area contributed by atoms with Crippen molar-refractivity contribution in [1.82, 2.24) is 4.90 Å². The lowest BCUT2D eigenvalue weighted by molar-refractivity contribution is 0.312. The molecule has 0 radical (unpaired) electrons. The predicted octanol–water partition coefficient (Wildman–Crippen LogP) is 0.685. The third-order valence-electron chi connectivity index (χ3n) is 2.99. The van der Waals surface area contributed by atoms with E-state index in [0.29, 0.717) is 5.69 Å². The highest BCUT2D eigenvalue weighted by Gasteiger charge is 2.21. The molecule has 94 valence electrons. The van der Waals surface area contributed by atoms with Crippen molar-refractivity contribution in [2.75, 3.05) is 38.1 Å². The van der Waals surface area contributed by atoms with Crippen LogP contribution in [0.15, 0.2) is 29.2 Å². The monoisotopic (exact) mass is 256 g/mol. The summed E-state index contributed by atoms with van der Waals surface area (Å²) < 4.78 is 31.7. The summed E-state index contributed by atoms with van der Waals surface area (Å²) in [5.74, 6) is 0. The molecule has 2 rings (SSSR count). The van der Waals surface area contributed by atoms with Crippen LogP contribution in [0, 0.1) is 0 Å². The summed E-state index contributed by atoms with van der Waals surface area (Å²) in [7, 11) is -2.12. The summed E-state index contributed by atoms with van der Waals surface area (Å²) >= 11 is 0. The second kappa shape index (κ2) is 4.64. The number of anilines is 1. The van der Waals surface area contributed by atoms with Crippen molar-refractivity contribution in [1.29, 1.82) is 0 Å². The first-order valence-corrected chi connectivity index (χ1v) is 6.92. The Morgan fingerprint density at radius 2 is 1.71 bits per heavy atom. The molecule has 0 unspecified atom stereocenters. The Bertz CT molecular complexity index is 493. The molecule has 1 aromatic carbocycles. The largest absolute Gasteiger partial charge is 0.368 e. The van der Waals surface area contributed by atoms with Crippen LogP contribution in [0.3, 0.4) is 0 Å². The van der Waals surface area contributed by atoms with Crippen LogP contribution in [0.5, 0.6) is 0 Å². The molecule has 1 aromatic rings. The Morgan fingerprint density at radius 1 is 1.12 bits per heavy atom. The van der Waals surface area contributed by atoms with Gasteiger partial charge in [-0.05, 0) is 19.2 Å². The van der Waals surface area contributed by atoms with Gasteiger partial charge in [-0.2, -0.15) is 8.42 Å². The van der Waals surface area contributed by atoms with Gasteiger partial charge in [0.05, 0.1) is 5.69 Å². The van der Waals surface area contributed by atoms with Crippen LogP contribution in [-0.4, -0.2) is 51.1 Å². The fourth-order valence-corrected chi connectivity index (χ4v) is 2.70. The van der Waals surface area contributed by atoms with Crippen LogP contribution in [0.4, 0.5) is 5.69 Å². The fourth-order valence-electron chi connectivity index (χ4n) is 1.98.